The van der Waals surface area contributed by atoms with Crippen LogP contribution in [-0.2, 0) is 22.4 Å². The first-order valence-electron chi connectivity index (χ1n) is 10.2. The molecule has 1 aromatic carbocycles. The largest absolute Gasteiger partial charge is 0.449 e. The van der Waals surface area contributed by atoms with Crippen LogP contribution in [-0.4, -0.2) is 23.0 Å². The average Bonchev–Trinajstić information content (AvgIpc) is 3.15. The molecule has 0 fully saturated rings. The molecule has 2 heterocycles. The lowest BCUT2D eigenvalue weighted by Gasteiger charge is -2.22. The van der Waals surface area contributed by atoms with E-state index in [0.29, 0.717) is 16.5 Å². The van der Waals surface area contributed by atoms with Crippen LogP contribution in [0, 0.1) is 11.3 Å². The molecule has 4 rings (SSSR count). The Morgan fingerprint density at radius 2 is 2.09 bits per heavy atom. The van der Waals surface area contributed by atoms with Crippen LogP contribution in [0.2, 0.25) is 5.15 Å². The number of pyridine rings is 1. The zero-order valence-corrected chi connectivity index (χ0v) is 18.9. The smallest absolute Gasteiger partial charge is 0.339 e. The lowest BCUT2D eigenvalue weighted by atomic mass is 9.83. The second-order valence-corrected chi connectivity index (χ2v) is 9.07. The van der Waals surface area contributed by atoms with Crippen molar-refractivity contribution in [3.63, 3.8) is 0 Å². The minimum Gasteiger partial charge on any atom is -0.449 e. The molecule has 0 saturated carbocycles. The Hall–Kier alpha value is -3.21. The number of amides is 1. The number of nitrogens with zero attached hydrogens (tertiary/aromatic N) is 2. The number of hydrogen-bond donors (Lipinski definition) is 1. The van der Waals surface area contributed by atoms with Crippen LogP contribution in [0.4, 0.5) is 5.00 Å². The van der Waals surface area contributed by atoms with Gasteiger partial charge in [0.2, 0.25) is 0 Å². The monoisotopic (exact) mass is 465 g/mol. The molecule has 1 N–H and O–H groups in total. The molecule has 2 unspecified atom stereocenters. The average molecular weight is 466 g/mol. The molecule has 0 radical (unpaired) electrons. The Kier molecular flexibility index (Phi) is 6.54. The van der Waals surface area contributed by atoms with E-state index in [1.807, 2.05) is 18.2 Å². The highest BCUT2D eigenvalue weighted by Gasteiger charge is 2.28. The summed E-state index contributed by atoms with van der Waals surface area (Å²) in [7, 11) is 0. The van der Waals surface area contributed by atoms with Gasteiger partial charge in [-0.2, -0.15) is 5.26 Å². The highest BCUT2D eigenvalue weighted by molar-refractivity contribution is 7.16. The van der Waals surface area contributed by atoms with Gasteiger partial charge in [-0.25, -0.2) is 9.78 Å². The van der Waals surface area contributed by atoms with Gasteiger partial charge in [-0.05, 0) is 55.4 Å². The molecule has 6 nitrogen and oxygen atoms in total. The Morgan fingerprint density at radius 1 is 1.31 bits per heavy atom. The van der Waals surface area contributed by atoms with Gasteiger partial charge in [0.15, 0.2) is 6.10 Å². The van der Waals surface area contributed by atoms with Crippen molar-refractivity contribution in [2.24, 2.45) is 0 Å². The number of esters is 1. The van der Waals surface area contributed by atoms with Crippen LogP contribution in [0.5, 0.6) is 0 Å². The summed E-state index contributed by atoms with van der Waals surface area (Å²) in [5.74, 6) is -0.772. The van der Waals surface area contributed by atoms with Gasteiger partial charge in [-0.3, -0.25) is 4.79 Å². The van der Waals surface area contributed by atoms with Gasteiger partial charge in [0.05, 0.1) is 11.1 Å². The number of rotatable bonds is 5. The number of carbonyl (C=O) groups excluding carboxylic acids is 2. The number of carbonyl (C=O) groups is 2. The number of thiophene rings is 1. The van der Waals surface area contributed by atoms with Crippen molar-refractivity contribution in [3.05, 3.63) is 80.9 Å². The molecule has 32 heavy (non-hydrogen) atoms. The lowest BCUT2D eigenvalue weighted by molar-refractivity contribution is -0.123. The molecule has 3 aromatic rings. The first kappa shape index (κ1) is 22.0. The van der Waals surface area contributed by atoms with Crippen LogP contribution in [0.25, 0.3) is 0 Å². The van der Waals surface area contributed by atoms with Gasteiger partial charge < -0.3 is 10.1 Å². The van der Waals surface area contributed by atoms with Crippen molar-refractivity contribution in [3.8, 4) is 6.07 Å². The van der Waals surface area contributed by atoms with Gasteiger partial charge in [0.25, 0.3) is 5.91 Å². The molecule has 0 saturated heterocycles. The minimum atomic E-state index is -1.04. The van der Waals surface area contributed by atoms with E-state index >= 15 is 0 Å². The quantitative estimate of drug-likeness (QED) is 0.416. The number of anilines is 1. The molecular formula is C24H20ClN3O3S. The number of aromatic nitrogens is 1. The third-order valence-electron chi connectivity index (χ3n) is 5.50. The number of nitrogens with one attached hydrogen (secondary N) is 1. The summed E-state index contributed by atoms with van der Waals surface area (Å²) in [6, 6.07) is 15.4. The van der Waals surface area contributed by atoms with Gasteiger partial charge in [0.1, 0.15) is 16.2 Å². The summed E-state index contributed by atoms with van der Waals surface area (Å²) in [5, 5.41) is 13.2. The molecule has 1 aliphatic carbocycles. The van der Waals surface area contributed by atoms with Crippen molar-refractivity contribution in [2.45, 2.75) is 38.2 Å². The van der Waals surface area contributed by atoms with Crippen molar-refractivity contribution in [2.75, 3.05) is 5.32 Å². The summed E-state index contributed by atoms with van der Waals surface area (Å²) in [4.78, 5) is 29.9. The van der Waals surface area contributed by atoms with Gasteiger partial charge in [-0.15, -0.1) is 11.3 Å². The molecule has 1 amide bonds. The molecular weight excluding hydrogens is 446 g/mol. The molecule has 1 aliphatic rings. The van der Waals surface area contributed by atoms with E-state index in [9.17, 15) is 14.9 Å². The van der Waals surface area contributed by atoms with E-state index in [4.69, 9.17) is 16.3 Å². The van der Waals surface area contributed by atoms with Crippen molar-refractivity contribution in [1.29, 1.82) is 5.26 Å². The SMILES string of the molecule is CC(OC(=O)c1ccnc(Cl)c1)C(=O)Nc1sc2c(c1C#N)CCC(c1ccccc1)C2. The van der Waals surface area contributed by atoms with E-state index in [-0.39, 0.29) is 10.7 Å². The fourth-order valence-electron chi connectivity index (χ4n) is 3.83. The number of fused-ring (bicyclic) bond motifs is 1. The summed E-state index contributed by atoms with van der Waals surface area (Å²) in [6.45, 7) is 1.49. The fourth-order valence-corrected chi connectivity index (χ4v) is 5.28. The van der Waals surface area contributed by atoms with E-state index in [0.717, 1.165) is 29.7 Å². The number of halogens is 1. The number of nitriles is 1. The first-order valence-corrected chi connectivity index (χ1v) is 11.4. The predicted octanol–water partition coefficient (Wildman–Crippen LogP) is 5.12. The molecule has 8 heteroatoms. The predicted molar refractivity (Wildman–Crippen MR) is 123 cm³/mol. The Labute approximate surface area is 194 Å². The summed E-state index contributed by atoms with van der Waals surface area (Å²) < 4.78 is 5.26. The number of benzene rings is 1. The van der Waals surface area contributed by atoms with Gasteiger partial charge in [-0.1, -0.05) is 41.9 Å². The highest BCUT2D eigenvalue weighted by Crippen LogP contribution is 2.42. The highest BCUT2D eigenvalue weighted by atomic mass is 35.5. The Balaban J connectivity index is 1.46. The fraction of sp³-hybridized carbons (Fsp3) is 0.250. The first-order chi connectivity index (χ1) is 15.5. The summed E-state index contributed by atoms with van der Waals surface area (Å²) in [6.07, 6.45) is 2.93. The van der Waals surface area contributed by atoms with Crippen LogP contribution in [0.3, 0.4) is 0 Å². The van der Waals surface area contributed by atoms with Gasteiger partial charge in [0, 0.05) is 11.1 Å². The third kappa shape index (κ3) is 4.67. The Morgan fingerprint density at radius 3 is 2.81 bits per heavy atom. The number of ether oxygens (including phenoxy) is 1. The van der Waals surface area contributed by atoms with Crippen molar-refractivity contribution in [1.82, 2.24) is 4.98 Å². The second-order valence-electron chi connectivity index (χ2n) is 7.57. The van der Waals surface area contributed by atoms with Gasteiger partial charge >= 0.3 is 5.97 Å². The maximum atomic E-state index is 12.7. The third-order valence-corrected chi connectivity index (χ3v) is 6.88. The van der Waals surface area contributed by atoms with E-state index in [2.05, 4.69) is 28.5 Å². The standard InChI is InChI=1S/C24H20ClN3O3S/c1-14(31-24(30)17-9-10-27-21(25)12-17)22(29)28-23-19(13-26)18-8-7-16(11-20(18)32-23)15-5-3-2-4-6-15/h2-6,9-10,12,14,16H,7-8,11H2,1H3,(H,28,29). The molecule has 0 aliphatic heterocycles. The molecule has 2 aromatic heterocycles. The second kappa shape index (κ2) is 9.51. The topological polar surface area (TPSA) is 92.1 Å². The lowest BCUT2D eigenvalue weighted by Crippen LogP contribution is -2.30. The maximum Gasteiger partial charge on any atom is 0.339 e. The normalized spacial score (nSPS) is 15.8. The molecule has 2 atom stereocenters. The zero-order valence-electron chi connectivity index (χ0n) is 17.3. The minimum absolute atomic E-state index is 0.160. The van der Waals surface area contributed by atoms with Crippen molar-refractivity contribution < 1.29 is 14.3 Å². The Bertz CT molecular complexity index is 1200. The molecule has 0 spiro atoms. The van der Waals surface area contributed by atoms with E-state index in [1.54, 1.807) is 0 Å². The number of hydrogen-bond acceptors (Lipinski definition) is 6. The van der Waals surface area contributed by atoms with Crippen LogP contribution in [0.1, 0.15) is 51.2 Å². The van der Waals surface area contributed by atoms with Crippen LogP contribution in [0.15, 0.2) is 48.7 Å². The maximum absolute atomic E-state index is 12.7. The van der Waals surface area contributed by atoms with E-state index < -0.39 is 18.0 Å². The van der Waals surface area contributed by atoms with Crippen LogP contribution < -0.4 is 5.32 Å². The zero-order chi connectivity index (χ0) is 22.7. The molecule has 0 bridgehead atoms. The van der Waals surface area contributed by atoms with E-state index in [1.165, 1.54) is 42.2 Å². The van der Waals surface area contributed by atoms with Crippen LogP contribution >= 0.6 is 22.9 Å². The molecule has 162 valence electrons. The summed E-state index contributed by atoms with van der Waals surface area (Å²) in [5.41, 5.74) is 3.01. The summed E-state index contributed by atoms with van der Waals surface area (Å²) >= 11 is 7.23. The van der Waals surface area contributed by atoms with Crippen molar-refractivity contribution >= 4 is 39.8 Å².